The largest absolute Gasteiger partial charge is 0.497 e. The quantitative estimate of drug-likeness (QED) is 0.849. The number of carbonyl (C=O) groups excluding carboxylic acids is 1. The molecule has 2 aromatic rings. The Morgan fingerprint density at radius 1 is 1.25 bits per heavy atom. The molecule has 0 unspecified atom stereocenters. The maximum absolute atomic E-state index is 12.5. The van der Waals surface area contributed by atoms with Crippen LogP contribution in [0.25, 0.3) is 0 Å². The van der Waals surface area contributed by atoms with Crippen LogP contribution in [0.1, 0.15) is 23.3 Å². The van der Waals surface area contributed by atoms with Crippen molar-refractivity contribution in [2.45, 2.75) is 17.7 Å². The van der Waals surface area contributed by atoms with Crippen LogP contribution in [0.2, 0.25) is 0 Å². The van der Waals surface area contributed by atoms with Crippen LogP contribution in [0.3, 0.4) is 0 Å². The third-order valence-corrected chi connectivity index (χ3v) is 5.24. The second-order valence-electron chi connectivity index (χ2n) is 5.44. The van der Waals surface area contributed by atoms with Gasteiger partial charge in [0.15, 0.2) is 0 Å². The number of likely N-dealkylation sites (tertiary alicyclic amines) is 1. The third kappa shape index (κ3) is 3.21. The van der Waals surface area contributed by atoms with Gasteiger partial charge in [0, 0.05) is 13.1 Å². The third-order valence-electron chi connectivity index (χ3n) is 3.86. The average molecular weight is 350 g/mol. The van der Waals surface area contributed by atoms with Gasteiger partial charge in [-0.05, 0) is 37.1 Å². The number of hydrogen-bond donors (Lipinski definition) is 2. The van der Waals surface area contributed by atoms with Crippen molar-refractivity contribution in [1.82, 2.24) is 15.1 Å². The van der Waals surface area contributed by atoms with Crippen LogP contribution in [0, 0.1) is 0 Å². The van der Waals surface area contributed by atoms with E-state index >= 15 is 0 Å². The number of ether oxygens (including phenoxy) is 1. The summed E-state index contributed by atoms with van der Waals surface area (Å²) >= 11 is 0. The second kappa shape index (κ2) is 6.52. The van der Waals surface area contributed by atoms with E-state index in [0.29, 0.717) is 18.8 Å². The summed E-state index contributed by atoms with van der Waals surface area (Å²) in [7, 11) is -2.32. The summed E-state index contributed by atoms with van der Waals surface area (Å²) in [6.45, 7) is 1.34. The molecule has 3 rings (SSSR count). The van der Waals surface area contributed by atoms with Gasteiger partial charge in [-0.15, -0.1) is 0 Å². The molecule has 24 heavy (non-hydrogen) atoms. The van der Waals surface area contributed by atoms with E-state index in [1.165, 1.54) is 25.4 Å². The first-order valence-electron chi connectivity index (χ1n) is 7.51. The first-order valence-corrected chi connectivity index (χ1v) is 8.99. The van der Waals surface area contributed by atoms with Gasteiger partial charge in [-0.3, -0.25) is 14.6 Å². The van der Waals surface area contributed by atoms with E-state index in [9.17, 15) is 13.2 Å². The van der Waals surface area contributed by atoms with Crippen molar-refractivity contribution in [3.8, 4) is 5.75 Å². The molecule has 1 amide bonds. The zero-order chi connectivity index (χ0) is 17.2. The lowest BCUT2D eigenvalue weighted by Gasteiger charge is -2.15. The average Bonchev–Trinajstić information content (AvgIpc) is 3.25. The fraction of sp³-hybridized carbons (Fsp3) is 0.333. The molecule has 0 radical (unpaired) electrons. The number of carbonyl (C=O) groups is 1. The minimum absolute atomic E-state index is 0.0732. The number of benzene rings is 1. The van der Waals surface area contributed by atoms with E-state index in [-0.39, 0.29) is 22.2 Å². The molecule has 0 saturated carbocycles. The maximum atomic E-state index is 12.5. The molecule has 9 heteroatoms. The number of methoxy groups -OCH3 is 1. The van der Waals surface area contributed by atoms with Crippen LogP contribution < -0.4 is 9.46 Å². The normalized spacial score (nSPS) is 14.6. The molecule has 1 aromatic carbocycles. The van der Waals surface area contributed by atoms with Gasteiger partial charge in [0.1, 0.15) is 11.4 Å². The number of nitrogens with zero attached hydrogens (tertiary/aromatic N) is 2. The number of aromatic nitrogens is 2. The number of nitrogens with one attached hydrogen (secondary N) is 2. The summed E-state index contributed by atoms with van der Waals surface area (Å²) in [5.74, 6) is 0.305. The van der Waals surface area contributed by atoms with Gasteiger partial charge in [0.25, 0.3) is 15.9 Å². The Labute approximate surface area is 139 Å². The van der Waals surface area contributed by atoms with Crippen LogP contribution in [-0.2, 0) is 10.0 Å². The molecular formula is C15H18N4O4S. The molecule has 1 aromatic heterocycles. The Balaban J connectivity index is 1.82. The minimum Gasteiger partial charge on any atom is -0.497 e. The van der Waals surface area contributed by atoms with Crippen molar-refractivity contribution in [3.63, 3.8) is 0 Å². The van der Waals surface area contributed by atoms with E-state index in [1.54, 1.807) is 17.0 Å². The smallest absolute Gasteiger partial charge is 0.274 e. The predicted octanol–water partition coefficient (Wildman–Crippen LogP) is 1.46. The summed E-state index contributed by atoms with van der Waals surface area (Å²) in [6, 6.07) is 5.98. The number of anilines is 1. The Kier molecular flexibility index (Phi) is 4.43. The summed E-state index contributed by atoms with van der Waals surface area (Å²) in [5, 5.41) is 6.39. The molecule has 0 atom stereocenters. The zero-order valence-electron chi connectivity index (χ0n) is 13.2. The van der Waals surface area contributed by atoms with Crippen LogP contribution in [0.5, 0.6) is 5.75 Å². The Bertz CT molecular complexity index is 823. The first kappa shape index (κ1) is 16.3. The minimum atomic E-state index is -3.82. The lowest BCUT2D eigenvalue weighted by molar-refractivity contribution is 0.0788. The molecule has 0 aliphatic carbocycles. The molecule has 1 saturated heterocycles. The number of sulfonamides is 1. The van der Waals surface area contributed by atoms with Crippen molar-refractivity contribution in [2.24, 2.45) is 0 Å². The summed E-state index contributed by atoms with van der Waals surface area (Å²) in [4.78, 5) is 14.2. The van der Waals surface area contributed by atoms with Gasteiger partial charge in [-0.2, -0.15) is 5.10 Å². The van der Waals surface area contributed by atoms with Crippen molar-refractivity contribution < 1.29 is 17.9 Å². The number of amides is 1. The molecule has 1 aliphatic heterocycles. The van der Waals surface area contributed by atoms with Crippen molar-refractivity contribution >= 4 is 21.6 Å². The predicted molar refractivity (Wildman–Crippen MR) is 87.5 cm³/mol. The van der Waals surface area contributed by atoms with Crippen LogP contribution in [0.15, 0.2) is 35.4 Å². The zero-order valence-corrected chi connectivity index (χ0v) is 14.0. The van der Waals surface area contributed by atoms with Gasteiger partial charge in [0.05, 0.1) is 23.9 Å². The van der Waals surface area contributed by atoms with Crippen molar-refractivity contribution in [1.29, 1.82) is 0 Å². The molecule has 1 aliphatic rings. The van der Waals surface area contributed by atoms with E-state index in [4.69, 9.17) is 4.74 Å². The lowest BCUT2D eigenvalue weighted by Crippen LogP contribution is -2.29. The molecule has 0 spiro atoms. The van der Waals surface area contributed by atoms with E-state index in [0.717, 1.165) is 12.8 Å². The van der Waals surface area contributed by atoms with Gasteiger partial charge in [-0.1, -0.05) is 0 Å². The van der Waals surface area contributed by atoms with E-state index in [2.05, 4.69) is 14.9 Å². The summed E-state index contributed by atoms with van der Waals surface area (Å²) in [6.07, 6.45) is 3.20. The molecular weight excluding hydrogens is 332 g/mol. The Hall–Kier alpha value is -2.55. The fourth-order valence-electron chi connectivity index (χ4n) is 2.56. The Morgan fingerprint density at radius 2 is 1.92 bits per heavy atom. The lowest BCUT2D eigenvalue weighted by atomic mass is 10.3. The van der Waals surface area contributed by atoms with Crippen LogP contribution in [-0.4, -0.2) is 49.6 Å². The van der Waals surface area contributed by atoms with Gasteiger partial charge in [-0.25, -0.2) is 8.42 Å². The number of hydrogen-bond acceptors (Lipinski definition) is 5. The number of aromatic amines is 1. The standard InChI is InChI=1S/C15H18N4O4S/c1-23-11-4-6-12(7-5-11)24(21,22)18-13-10-16-17-14(13)15(20)19-8-2-3-9-19/h4-7,10,18H,2-3,8-9H2,1H3,(H,16,17). The van der Waals surface area contributed by atoms with Crippen LogP contribution >= 0.6 is 0 Å². The highest BCUT2D eigenvalue weighted by molar-refractivity contribution is 7.92. The highest BCUT2D eigenvalue weighted by atomic mass is 32.2. The molecule has 0 bridgehead atoms. The molecule has 128 valence electrons. The van der Waals surface area contributed by atoms with Gasteiger partial charge >= 0.3 is 0 Å². The molecule has 2 heterocycles. The first-order chi connectivity index (χ1) is 11.5. The topological polar surface area (TPSA) is 104 Å². The highest BCUT2D eigenvalue weighted by Crippen LogP contribution is 2.22. The van der Waals surface area contributed by atoms with E-state index < -0.39 is 10.0 Å². The number of H-pyrrole nitrogens is 1. The molecule has 1 fully saturated rings. The highest BCUT2D eigenvalue weighted by Gasteiger charge is 2.25. The number of rotatable bonds is 5. The van der Waals surface area contributed by atoms with Gasteiger partial charge < -0.3 is 9.64 Å². The summed E-state index contributed by atoms with van der Waals surface area (Å²) in [5.41, 5.74) is 0.289. The SMILES string of the molecule is COc1ccc(S(=O)(=O)Nc2cn[nH]c2C(=O)N2CCCC2)cc1. The van der Waals surface area contributed by atoms with Crippen molar-refractivity contribution in [3.05, 3.63) is 36.2 Å². The van der Waals surface area contributed by atoms with Crippen LogP contribution in [0.4, 0.5) is 5.69 Å². The van der Waals surface area contributed by atoms with Crippen molar-refractivity contribution in [2.75, 3.05) is 24.9 Å². The maximum Gasteiger partial charge on any atom is 0.274 e. The molecule has 2 N–H and O–H groups in total. The monoisotopic (exact) mass is 350 g/mol. The molecule has 8 nitrogen and oxygen atoms in total. The fourth-order valence-corrected chi connectivity index (χ4v) is 3.62. The summed E-state index contributed by atoms with van der Waals surface area (Å²) < 4.78 is 32.4. The second-order valence-corrected chi connectivity index (χ2v) is 7.12. The van der Waals surface area contributed by atoms with E-state index in [1.807, 2.05) is 0 Å². The van der Waals surface area contributed by atoms with Gasteiger partial charge in [0.2, 0.25) is 0 Å². The Morgan fingerprint density at radius 3 is 2.54 bits per heavy atom.